The highest BCUT2D eigenvalue weighted by molar-refractivity contribution is 6.31. The SMILES string of the molecule is Cn1cc(OCCCN)c2ccc(Cl)cc21. The molecule has 16 heavy (non-hydrogen) atoms. The molecule has 3 nitrogen and oxygen atoms in total. The first-order valence-electron chi connectivity index (χ1n) is 5.30. The van der Waals surface area contributed by atoms with Gasteiger partial charge < -0.3 is 15.0 Å². The Balaban J connectivity index is 2.32. The van der Waals surface area contributed by atoms with Crippen molar-refractivity contribution in [2.45, 2.75) is 6.42 Å². The van der Waals surface area contributed by atoms with E-state index < -0.39 is 0 Å². The molecular weight excluding hydrogens is 224 g/mol. The average Bonchev–Trinajstić information content (AvgIpc) is 2.56. The second-order valence-electron chi connectivity index (χ2n) is 3.76. The lowest BCUT2D eigenvalue weighted by Gasteiger charge is -2.02. The molecule has 0 saturated carbocycles. The summed E-state index contributed by atoms with van der Waals surface area (Å²) in [6.07, 6.45) is 2.83. The number of fused-ring (bicyclic) bond motifs is 1. The number of hydrogen-bond acceptors (Lipinski definition) is 2. The van der Waals surface area contributed by atoms with Gasteiger partial charge in [0.25, 0.3) is 0 Å². The van der Waals surface area contributed by atoms with E-state index in [1.165, 1.54) is 0 Å². The summed E-state index contributed by atoms with van der Waals surface area (Å²) >= 11 is 5.96. The van der Waals surface area contributed by atoms with Crippen LogP contribution in [0.4, 0.5) is 0 Å². The number of aromatic nitrogens is 1. The molecule has 0 amide bonds. The van der Waals surface area contributed by atoms with Crippen molar-refractivity contribution in [3.63, 3.8) is 0 Å². The van der Waals surface area contributed by atoms with Crippen LogP contribution in [0, 0.1) is 0 Å². The number of ether oxygens (including phenoxy) is 1. The molecule has 1 aromatic heterocycles. The van der Waals surface area contributed by atoms with Gasteiger partial charge in [0.15, 0.2) is 0 Å². The average molecular weight is 239 g/mol. The molecule has 0 fully saturated rings. The highest BCUT2D eigenvalue weighted by Crippen LogP contribution is 2.29. The van der Waals surface area contributed by atoms with Crippen LogP contribution in [0.1, 0.15) is 6.42 Å². The van der Waals surface area contributed by atoms with Crippen LogP contribution in [0.2, 0.25) is 5.02 Å². The molecule has 1 aromatic carbocycles. The van der Waals surface area contributed by atoms with Gasteiger partial charge in [-0.15, -0.1) is 0 Å². The highest BCUT2D eigenvalue weighted by Gasteiger charge is 2.07. The summed E-state index contributed by atoms with van der Waals surface area (Å²) in [4.78, 5) is 0. The molecule has 2 N–H and O–H groups in total. The monoisotopic (exact) mass is 238 g/mol. The molecule has 0 atom stereocenters. The van der Waals surface area contributed by atoms with E-state index in [-0.39, 0.29) is 0 Å². The lowest BCUT2D eigenvalue weighted by Crippen LogP contribution is -2.05. The molecule has 4 heteroatoms. The van der Waals surface area contributed by atoms with Crippen LogP contribution in [0.3, 0.4) is 0 Å². The smallest absolute Gasteiger partial charge is 0.144 e. The van der Waals surface area contributed by atoms with E-state index in [9.17, 15) is 0 Å². The standard InChI is InChI=1S/C12H15ClN2O/c1-15-8-12(16-6-2-5-14)10-4-3-9(13)7-11(10)15/h3-4,7-8H,2,5-6,14H2,1H3. The first kappa shape index (κ1) is 11.3. The van der Waals surface area contributed by atoms with Crippen LogP contribution >= 0.6 is 11.6 Å². The molecule has 0 bridgehead atoms. The summed E-state index contributed by atoms with van der Waals surface area (Å²) < 4.78 is 7.69. The van der Waals surface area contributed by atoms with Gasteiger partial charge >= 0.3 is 0 Å². The van der Waals surface area contributed by atoms with Crippen LogP contribution in [0.5, 0.6) is 5.75 Å². The fraction of sp³-hybridized carbons (Fsp3) is 0.333. The number of benzene rings is 1. The minimum atomic E-state index is 0.649. The zero-order valence-corrected chi connectivity index (χ0v) is 10.00. The Hall–Kier alpha value is -1.19. The Labute approximate surface area is 99.7 Å². The molecule has 2 rings (SSSR count). The third kappa shape index (κ3) is 2.15. The third-order valence-electron chi connectivity index (χ3n) is 2.52. The molecule has 2 aromatic rings. The van der Waals surface area contributed by atoms with Crippen molar-refractivity contribution >= 4 is 22.5 Å². The quantitative estimate of drug-likeness (QED) is 0.832. The first-order valence-corrected chi connectivity index (χ1v) is 5.67. The van der Waals surface area contributed by atoms with Gasteiger partial charge in [-0.1, -0.05) is 11.6 Å². The predicted octanol–water partition coefficient (Wildman–Crippen LogP) is 2.56. The number of nitrogens with zero attached hydrogens (tertiary/aromatic N) is 1. The van der Waals surface area contributed by atoms with E-state index in [1.807, 2.05) is 36.0 Å². The van der Waals surface area contributed by atoms with Crippen LogP contribution in [-0.2, 0) is 7.05 Å². The molecule has 86 valence electrons. The number of rotatable bonds is 4. The predicted molar refractivity (Wildman–Crippen MR) is 67.1 cm³/mol. The second kappa shape index (κ2) is 4.76. The molecule has 0 unspecified atom stereocenters. The number of hydrogen-bond donors (Lipinski definition) is 1. The Bertz CT molecular complexity index is 493. The van der Waals surface area contributed by atoms with Gasteiger partial charge in [-0.2, -0.15) is 0 Å². The van der Waals surface area contributed by atoms with Crippen molar-refractivity contribution in [3.8, 4) is 5.75 Å². The van der Waals surface area contributed by atoms with Gasteiger partial charge in [-0.05, 0) is 31.2 Å². The maximum atomic E-state index is 5.96. The molecular formula is C12H15ClN2O. The van der Waals surface area contributed by atoms with E-state index in [0.29, 0.717) is 13.2 Å². The Morgan fingerprint density at radius 3 is 3.00 bits per heavy atom. The van der Waals surface area contributed by atoms with Crippen LogP contribution in [0.25, 0.3) is 10.9 Å². The van der Waals surface area contributed by atoms with E-state index in [4.69, 9.17) is 22.1 Å². The van der Waals surface area contributed by atoms with E-state index in [2.05, 4.69) is 0 Å². The largest absolute Gasteiger partial charge is 0.491 e. The third-order valence-corrected chi connectivity index (χ3v) is 2.76. The summed E-state index contributed by atoms with van der Waals surface area (Å²) in [6.45, 7) is 1.30. The summed E-state index contributed by atoms with van der Waals surface area (Å²) in [7, 11) is 1.98. The lowest BCUT2D eigenvalue weighted by molar-refractivity contribution is 0.316. The van der Waals surface area contributed by atoms with Crippen LogP contribution < -0.4 is 10.5 Å². The van der Waals surface area contributed by atoms with Crippen molar-refractivity contribution in [2.75, 3.05) is 13.2 Å². The van der Waals surface area contributed by atoms with Crippen molar-refractivity contribution in [3.05, 3.63) is 29.4 Å². The fourth-order valence-electron chi connectivity index (χ4n) is 1.70. The maximum Gasteiger partial charge on any atom is 0.144 e. The Morgan fingerprint density at radius 2 is 2.25 bits per heavy atom. The summed E-state index contributed by atoms with van der Waals surface area (Å²) in [5.74, 6) is 0.891. The van der Waals surface area contributed by atoms with E-state index in [0.717, 1.165) is 28.1 Å². The van der Waals surface area contributed by atoms with Crippen molar-refractivity contribution in [2.24, 2.45) is 12.8 Å². The van der Waals surface area contributed by atoms with Gasteiger partial charge in [0.2, 0.25) is 0 Å². The van der Waals surface area contributed by atoms with E-state index in [1.54, 1.807) is 0 Å². The first-order chi connectivity index (χ1) is 7.72. The number of aryl methyl sites for hydroxylation is 1. The molecule has 0 aliphatic rings. The number of nitrogens with two attached hydrogens (primary N) is 1. The Morgan fingerprint density at radius 1 is 1.44 bits per heavy atom. The van der Waals surface area contributed by atoms with Crippen molar-refractivity contribution < 1.29 is 4.74 Å². The minimum absolute atomic E-state index is 0.649. The highest BCUT2D eigenvalue weighted by atomic mass is 35.5. The molecule has 0 aliphatic carbocycles. The van der Waals surface area contributed by atoms with E-state index >= 15 is 0 Å². The molecule has 0 radical (unpaired) electrons. The van der Waals surface area contributed by atoms with Crippen LogP contribution in [-0.4, -0.2) is 17.7 Å². The normalized spacial score (nSPS) is 10.9. The minimum Gasteiger partial charge on any atom is -0.491 e. The van der Waals surface area contributed by atoms with Gasteiger partial charge in [0.05, 0.1) is 12.1 Å². The number of halogens is 1. The molecule has 0 saturated heterocycles. The van der Waals surface area contributed by atoms with Gasteiger partial charge in [-0.25, -0.2) is 0 Å². The van der Waals surface area contributed by atoms with Crippen molar-refractivity contribution in [1.29, 1.82) is 0 Å². The molecule has 0 aliphatic heterocycles. The molecule has 1 heterocycles. The van der Waals surface area contributed by atoms with Crippen molar-refractivity contribution in [1.82, 2.24) is 4.57 Å². The fourth-order valence-corrected chi connectivity index (χ4v) is 1.87. The van der Waals surface area contributed by atoms with Crippen LogP contribution in [0.15, 0.2) is 24.4 Å². The topological polar surface area (TPSA) is 40.2 Å². The lowest BCUT2D eigenvalue weighted by atomic mass is 10.2. The van der Waals surface area contributed by atoms with Gasteiger partial charge in [-0.3, -0.25) is 0 Å². The van der Waals surface area contributed by atoms with Gasteiger partial charge in [0.1, 0.15) is 5.75 Å². The van der Waals surface area contributed by atoms with Gasteiger partial charge in [0, 0.05) is 23.7 Å². The maximum absolute atomic E-state index is 5.96. The Kier molecular flexibility index (Phi) is 3.36. The second-order valence-corrected chi connectivity index (χ2v) is 4.19. The zero-order chi connectivity index (χ0) is 11.5. The summed E-state index contributed by atoms with van der Waals surface area (Å²) in [5.41, 5.74) is 6.51. The summed E-state index contributed by atoms with van der Waals surface area (Å²) in [6, 6.07) is 5.79. The summed E-state index contributed by atoms with van der Waals surface area (Å²) in [5, 5.41) is 1.83. The zero-order valence-electron chi connectivity index (χ0n) is 9.24. The molecule has 0 spiro atoms.